The number of hydrogen-bond donors (Lipinski definition) is 0. The van der Waals surface area contributed by atoms with E-state index < -0.39 is 27.7 Å². The van der Waals surface area contributed by atoms with E-state index >= 15 is 0 Å². The third-order valence-electron chi connectivity index (χ3n) is 10.1. The van der Waals surface area contributed by atoms with Gasteiger partial charge in [-0.2, -0.15) is 0 Å². The summed E-state index contributed by atoms with van der Waals surface area (Å²) in [5.41, 5.74) is 7.97. The number of fused-ring (bicyclic) bond motifs is 3. The Hall–Kier alpha value is -5.55. The van der Waals surface area contributed by atoms with Gasteiger partial charge in [-0.3, -0.25) is 0 Å². The van der Waals surface area contributed by atoms with Crippen molar-refractivity contribution in [1.29, 1.82) is 0 Å². The van der Waals surface area contributed by atoms with Crippen LogP contribution >= 0.6 is 16.8 Å². The van der Waals surface area contributed by atoms with E-state index in [-0.39, 0.29) is 0 Å². The Bertz CT molecular complexity index is 2580. The third kappa shape index (κ3) is 9.26. The summed E-state index contributed by atoms with van der Waals surface area (Å²) < 4.78 is 53.2. The van der Waals surface area contributed by atoms with Crippen LogP contribution in [0.3, 0.4) is 0 Å². The van der Waals surface area contributed by atoms with Crippen LogP contribution in [0.15, 0.2) is 118 Å². The second-order valence-corrected chi connectivity index (χ2v) is 19.1. The Morgan fingerprint density at radius 3 is 1.32 bits per heavy atom. The molecule has 7 rings (SSSR count). The SMILES string of the molecule is COc1cc(-c2cc(OC)cc(C(C)(C)C)c2Op2oc3c(C)cc(C)cc3c3cc(C)cc(C)c3o2)c(OP(Oc2ccccc2)Oc2ccccc2)c(C(C)(C)C)c1. The summed E-state index contributed by atoms with van der Waals surface area (Å²) >= 11 is 0. The van der Waals surface area contributed by atoms with Gasteiger partial charge in [-0.15, -0.1) is 0 Å². The van der Waals surface area contributed by atoms with Crippen molar-refractivity contribution in [2.24, 2.45) is 0 Å². The van der Waals surface area contributed by atoms with Crippen LogP contribution in [0.2, 0.25) is 0 Å². The summed E-state index contributed by atoms with van der Waals surface area (Å²) in [4.78, 5) is 0. The van der Waals surface area contributed by atoms with Crippen LogP contribution in [0.1, 0.15) is 74.9 Å². The number of aryl methyl sites for hydroxylation is 4. The second kappa shape index (κ2) is 17.2. The first kappa shape index (κ1) is 42.6. The smallest absolute Gasteiger partial charge is 0.497 e. The minimum atomic E-state index is -2.08. The zero-order valence-electron chi connectivity index (χ0n) is 36.6. The van der Waals surface area contributed by atoms with E-state index in [9.17, 15) is 0 Å². The first-order valence-electron chi connectivity index (χ1n) is 20.0. The number of para-hydroxylation sites is 2. The molecule has 312 valence electrons. The van der Waals surface area contributed by atoms with E-state index in [0.29, 0.717) is 45.6 Å². The summed E-state index contributed by atoms with van der Waals surface area (Å²) in [6.45, 7) is 21.2. The second-order valence-electron chi connectivity index (χ2n) is 17.1. The van der Waals surface area contributed by atoms with Gasteiger partial charge >= 0.3 is 16.8 Å². The van der Waals surface area contributed by atoms with Gasteiger partial charge in [0.1, 0.15) is 45.7 Å². The van der Waals surface area contributed by atoms with Crippen molar-refractivity contribution in [3.8, 4) is 45.6 Å². The van der Waals surface area contributed by atoms with Gasteiger partial charge in [0.15, 0.2) is 0 Å². The monoisotopic (exact) mass is 844 g/mol. The topological polar surface area (TPSA) is 81.7 Å². The molecule has 0 saturated carbocycles. The maximum Gasteiger partial charge on any atom is 0.530 e. The Balaban J connectivity index is 1.53. The zero-order chi connectivity index (χ0) is 42.9. The lowest BCUT2D eigenvalue weighted by Crippen LogP contribution is -2.16. The summed E-state index contributed by atoms with van der Waals surface area (Å²) in [6, 6.07) is 35.6. The number of ether oxygens (including phenoxy) is 2. The predicted molar refractivity (Wildman–Crippen MR) is 245 cm³/mol. The highest BCUT2D eigenvalue weighted by atomic mass is 31.2. The molecule has 6 aromatic carbocycles. The predicted octanol–water partition coefficient (Wildman–Crippen LogP) is 15.4. The summed E-state index contributed by atoms with van der Waals surface area (Å²) in [5, 5.41) is 1.94. The van der Waals surface area contributed by atoms with Crippen LogP contribution in [-0.2, 0) is 10.8 Å². The van der Waals surface area contributed by atoms with Crippen LogP contribution in [-0.4, -0.2) is 14.2 Å². The number of rotatable bonds is 11. The molecule has 8 nitrogen and oxygen atoms in total. The van der Waals surface area contributed by atoms with E-state index in [4.69, 9.17) is 36.0 Å². The van der Waals surface area contributed by atoms with Gasteiger partial charge in [0.2, 0.25) is 0 Å². The van der Waals surface area contributed by atoms with E-state index in [2.05, 4.69) is 93.5 Å². The minimum Gasteiger partial charge on any atom is -0.497 e. The van der Waals surface area contributed by atoms with Crippen molar-refractivity contribution >= 4 is 38.8 Å². The van der Waals surface area contributed by atoms with Crippen molar-refractivity contribution in [3.05, 3.63) is 143 Å². The van der Waals surface area contributed by atoms with Crippen molar-refractivity contribution in [1.82, 2.24) is 0 Å². The molecule has 1 heterocycles. The van der Waals surface area contributed by atoms with Crippen LogP contribution in [0.4, 0.5) is 0 Å². The average Bonchev–Trinajstić information content (AvgIpc) is 3.35. The average molecular weight is 845 g/mol. The molecule has 0 aliphatic carbocycles. The fourth-order valence-electron chi connectivity index (χ4n) is 7.25. The molecule has 1 aromatic heterocycles. The lowest BCUT2D eigenvalue weighted by Gasteiger charge is -2.29. The highest BCUT2D eigenvalue weighted by Crippen LogP contribution is 2.55. The number of hydrogen-bond acceptors (Lipinski definition) is 8. The molecular formula is C50H54O8P2. The third-order valence-corrected chi connectivity index (χ3v) is 12.2. The molecule has 7 aromatic rings. The number of benzene rings is 6. The van der Waals surface area contributed by atoms with Gasteiger partial charge in [-0.05, 0) is 121 Å². The van der Waals surface area contributed by atoms with Crippen molar-refractivity contribution in [3.63, 3.8) is 0 Å². The number of methoxy groups -OCH3 is 2. The van der Waals surface area contributed by atoms with Crippen molar-refractivity contribution in [2.45, 2.75) is 80.1 Å². The summed E-state index contributed by atoms with van der Waals surface area (Å²) in [6.07, 6.45) is 0. The molecule has 0 atom stereocenters. The fourth-order valence-corrected chi connectivity index (χ4v) is 9.53. The van der Waals surface area contributed by atoms with Crippen molar-refractivity contribution in [2.75, 3.05) is 14.2 Å². The molecule has 0 spiro atoms. The van der Waals surface area contributed by atoms with E-state index in [0.717, 1.165) is 55.3 Å². The van der Waals surface area contributed by atoms with Gasteiger partial charge in [-0.25, -0.2) is 0 Å². The van der Waals surface area contributed by atoms with Crippen LogP contribution in [0, 0.1) is 27.7 Å². The van der Waals surface area contributed by atoms with Crippen molar-refractivity contribution < 1.29 is 36.0 Å². The minimum absolute atomic E-state index is 0.428. The van der Waals surface area contributed by atoms with E-state index in [1.807, 2.05) is 84.9 Å². The van der Waals surface area contributed by atoms with Crippen LogP contribution < -0.4 is 27.6 Å². The molecule has 0 aliphatic heterocycles. The standard InChI is InChI=1S/C50H54O8P2/c1-31-23-33(3)45-39(25-31)40-26-32(2)24-34(4)46(40)56-60(55-45)58-48-42(28-38(52-12)30-44(48)50(8,9)10)41-27-37(51-11)29-43(49(5,6)7)47(41)57-59(53-35-19-15-13-16-20-35)54-36-21-17-14-18-22-36/h13-30H,1-12H3. The van der Waals surface area contributed by atoms with E-state index in [1.54, 1.807) is 14.2 Å². The van der Waals surface area contributed by atoms with Gasteiger partial charge in [0.05, 0.1) is 14.2 Å². The summed E-state index contributed by atoms with van der Waals surface area (Å²) in [7, 11) is -0.816. The van der Waals surface area contributed by atoms with Gasteiger partial charge < -0.3 is 36.0 Å². The molecule has 10 heteroatoms. The lowest BCUT2D eigenvalue weighted by atomic mass is 9.81. The molecule has 0 fully saturated rings. The van der Waals surface area contributed by atoms with E-state index in [1.165, 1.54) is 0 Å². The molecule has 0 amide bonds. The van der Waals surface area contributed by atoms with Crippen LogP contribution in [0.25, 0.3) is 33.1 Å². The molecule has 0 saturated heterocycles. The molecular weight excluding hydrogens is 790 g/mol. The lowest BCUT2D eigenvalue weighted by molar-refractivity contribution is 0.380. The van der Waals surface area contributed by atoms with Gasteiger partial charge in [0, 0.05) is 33.0 Å². The highest BCUT2D eigenvalue weighted by Gasteiger charge is 2.33. The zero-order valence-corrected chi connectivity index (χ0v) is 38.3. The first-order chi connectivity index (χ1) is 28.5. The molecule has 0 bridgehead atoms. The fraction of sp³-hybridized carbons (Fsp3) is 0.280. The van der Waals surface area contributed by atoms with Gasteiger partial charge in [0.25, 0.3) is 0 Å². The molecule has 60 heavy (non-hydrogen) atoms. The Morgan fingerprint density at radius 2 is 0.900 bits per heavy atom. The van der Waals surface area contributed by atoms with Gasteiger partial charge in [-0.1, -0.05) is 90.1 Å². The summed E-state index contributed by atoms with van der Waals surface area (Å²) in [5.74, 6) is 3.59. The Morgan fingerprint density at radius 1 is 0.483 bits per heavy atom. The quantitative estimate of drug-likeness (QED) is 0.119. The maximum atomic E-state index is 7.22. The molecule has 0 unspecified atom stereocenters. The molecule has 0 radical (unpaired) electrons. The Labute approximate surface area is 356 Å². The molecule has 0 aliphatic rings. The first-order valence-corrected chi connectivity index (χ1v) is 22.2. The highest BCUT2D eigenvalue weighted by molar-refractivity contribution is 7.43. The largest absolute Gasteiger partial charge is 0.530 e. The maximum absolute atomic E-state index is 7.22. The normalized spacial score (nSPS) is 11.8. The molecule has 0 N–H and O–H groups in total. The Kier molecular flexibility index (Phi) is 12.2. The van der Waals surface area contributed by atoms with Crippen LogP contribution in [0.5, 0.6) is 34.5 Å².